The van der Waals surface area contributed by atoms with Crippen LogP contribution in [0.25, 0.3) is 0 Å². The monoisotopic (exact) mass is 364 g/mol. The third-order valence-electron chi connectivity index (χ3n) is 4.11. The summed E-state index contributed by atoms with van der Waals surface area (Å²) < 4.78 is 12.6. The van der Waals surface area contributed by atoms with Gasteiger partial charge in [-0.25, -0.2) is 9.59 Å². The molecule has 8 heteroatoms. The summed E-state index contributed by atoms with van der Waals surface area (Å²) in [7, 11) is 0. The number of carbonyl (C=O) groups is 1. The molecule has 0 bridgehead atoms. The molecule has 1 aliphatic heterocycles. The first-order valence-corrected chi connectivity index (χ1v) is 8.34. The molecule has 1 aromatic carbocycles. The SMILES string of the molecule is O=C(OCC1(CCl)CCC(n2ccc(=O)[nH]c2=O)O1)c1ccccc1. The molecule has 1 fully saturated rings. The topological polar surface area (TPSA) is 90.4 Å². The van der Waals surface area contributed by atoms with Crippen molar-refractivity contribution in [2.24, 2.45) is 0 Å². The maximum Gasteiger partial charge on any atom is 0.338 e. The van der Waals surface area contributed by atoms with Crippen molar-refractivity contribution < 1.29 is 14.3 Å². The van der Waals surface area contributed by atoms with Crippen LogP contribution in [0.1, 0.15) is 29.4 Å². The average Bonchev–Trinajstić information content (AvgIpc) is 3.05. The van der Waals surface area contributed by atoms with E-state index in [-0.39, 0.29) is 12.5 Å². The highest BCUT2D eigenvalue weighted by molar-refractivity contribution is 6.18. The number of ether oxygens (including phenoxy) is 2. The zero-order valence-corrected chi connectivity index (χ0v) is 14.1. The fourth-order valence-electron chi connectivity index (χ4n) is 2.74. The van der Waals surface area contributed by atoms with E-state index in [1.54, 1.807) is 24.3 Å². The normalized spacial score (nSPS) is 22.7. The van der Waals surface area contributed by atoms with E-state index < -0.39 is 29.0 Å². The van der Waals surface area contributed by atoms with Crippen LogP contribution < -0.4 is 11.2 Å². The Morgan fingerprint density at radius 3 is 2.76 bits per heavy atom. The van der Waals surface area contributed by atoms with Gasteiger partial charge in [-0.3, -0.25) is 14.3 Å². The van der Waals surface area contributed by atoms with E-state index in [0.29, 0.717) is 18.4 Å². The molecule has 2 atom stereocenters. The van der Waals surface area contributed by atoms with Gasteiger partial charge in [0.2, 0.25) is 0 Å². The van der Waals surface area contributed by atoms with Crippen molar-refractivity contribution in [3.05, 3.63) is 69.0 Å². The highest BCUT2D eigenvalue weighted by atomic mass is 35.5. The summed E-state index contributed by atoms with van der Waals surface area (Å²) >= 11 is 6.05. The highest BCUT2D eigenvalue weighted by Gasteiger charge is 2.42. The van der Waals surface area contributed by atoms with Gasteiger partial charge in [-0.1, -0.05) is 18.2 Å². The molecule has 1 N–H and O–H groups in total. The van der Waals surface area contributed by atoms with Crippen LogP contribution in [-0.4, -0.2) is 33.6 Å². The number of hydrogen-bond donors (Lipinski definition) is 1. The van der Waals surface area contributed by atoms with Crippen LogP contribution in [0, 0.1) is 0 Å². The molecule has 1 aliphatic rings. The zero-order chi connectivity index (χ0) is 17.9. The number of carbonyl (C=O) groups excluding carboxylic acids is 1. The Morgan fingerprint density at radius 2 is 2.08 bits per heavy atom. The molecule has 2 heterocycles. The smallest absolute Gasteiger partial charge is 0.338 e. The minimum Gasteiger partial charge on any atom is -0.459 e. The first kappa shape index (κ1) is 17.4. The van der Waals surface area contributed by atoms with E-state index in [1.807, 2.05) is 6.07 Å². The lowest BCUT2D eigenvalue weighted by Gasteiger charge is -2.27. The third-order valence-corrected chi connectivity index (χ3v) is 4.60. The van der Waals surface area contributed by atoms with E-state index >= 15 is 0 Å². The molecular weight excluding hydrogens is 348 g/mol. The number of halogens is 1. The Balaban J connectivity index is 1.69. The van der Waals surface area contributed by atoms with Gasteiger partial charge in [0, 0.05) is 12.3 Å². The maximum atomic E-state index is 12.1. The summed E-state index contributed by atoms with van der Waals surface area (Å²) in [4.78, 5) is 37.3. The molecule has 132 valence electrons. The lowest BCUT2D eigenvalue weighted by atomic mass is 10.0. The van der Waals surface area contributed by atoms with Gasteiger partial charge in [-0.05, 0) is 25.0 Å². The molecular formula is C17H17ClN2O5. The second-order valence-corrected chi connectivity index (χ2v) is 6.15. The summed E-state index contributed by atoms with van der Waals surface area (Å²) in [5, 5.41) is 0. The predicted molar refractivity (Wildman–Crippen MR) is 90.9 cm³/mol. The number of aromatic amines is 1. The van der Waals surface area contributed by atoms with E-state index in [9.17, 15) is 14.4 Å². The van der Waals surface area contributed by atoms with Crippen molar-refractivity contribution in [3.8, 4) is 0 Å². The molecule has 7 nitrogen and oxygen atoms in total. The summed E-state index contributed by atoms with van der Waals surface area (Å²) in [6.07, 6.45) is 1.85. The molecule has 1 saturated heterocycles. The van der Waals surface area contributed by atoms with Crippen LogP contribution in [0.4, 0.5) is 0 Å². The van der Waals surface area contributed by atoms with Gasteiger partial charge in [-0.15, -0.1) is 11.6 Å². The van der Waals surface area contributed by atoms with Crippen molar-refractivity contribution in [1.82, 2.24) is 9.55 Å². The number of rotatable bonds is 5. The van der Waals surface area contributed by atoms with Crippen molar-refractivity contribution in [2.45, 2.75) is 24.7 Å². The Labute approximate surface area is 148 Å². The standard InChI is InChI=1S/C17H17ClN2O5/c18-10-17(11-24-15(22)12-4-2-1-3-5-12)8-6-14(25-17)20-9-7-13(21)19-16(20)23/h1-5,7,9,14H,6,8,10-11H2,(H,19,21,23). The maximum absolute atomic E-state index is 12.1. The molecule has 3 rings (SSSR count). The second kappa shape index (κ2) is 7.25. The van der Waals surface area contributed by atoms with Gasteiger partial charge in [0.1, 0.15) is 18.4 Å². The number of esters is 1. The number of aromatic nitrogens is 2. The van der Waals surface area contributed by atoms with Crippen LogP contribution in [0.3, 0.4) is 0 Å². The summed E-state index contributed by atoms with van der Waals surface area (Å²) in [6.45, 7) is -0.0150. The lowest BCUT2D eigenvalue weighted by Crippen LogP contribution is -2.39. The minimum atomic E-state index is -0.869. The molecule has 2 aromatic rings. The Hall–Kier alpha value is -2.38. The van der Waals surface area contributed by atoms with E-state index in [0.717, 1.165) is 0 Å². The summed E-state index contributed by atoms with van der Waals surface area (Å²) in [6, 6.07) is 9.88. The highest BCUT2D eigenvalue weighted by Crippen LogP contribution is 2.37. The van der Waals surface area contributed by atoms with Gasteiger partial charge < -0.3 is 9.47 Å². The van der Waals surface area contributed by atoms with Crippen molar-refractivity contribution in [1.29, 1.82) is 0 Å². The second-order valence-electron chi connectivity index (χ2n) is 5.89. The van der Waals surface area contributed by atoms with Gasteiger partial charge >= 0.3 is 11.7 Å². The fraction of sp³-hybridized carbons (Fsp3) is 0.353. The lowest BCUT2D eigenvalue weighted by molar-refractivity contribution is -0.0903. The zero-order valence-electron chi connectivity index (χ0n) is 13.3. The third kappa shape index (κ3) is 3.83. The molecule has 0 spiro atoms. The number of benzene rings is 1. The molecule has 25 heavy (non-hydrogen) atoms. The summed E-state index contributed by atoms with van der Waals surface area (Å²) in [5.74, 6) is -0.345. The average molecular weight is 365 g/mol. The Bertz CT molecular complexity index is 863. The summed E-state index contributed by atoms with van der Waals surface area (Å²) in [5.41, 5.74) is -1.45. The molecule has 0 radical (unpaired) electrons. The largest absolute Gasteiger partial charge is 0.459 e. The van der Waals surface area contributed by atoms with Crippen LogP contribution in [-0.2, 0) is 9.47 Å². The van der Waals surface area contributed by atoms with Crippen LogP contribution in [0.5, 0.6) is 0 Å². The molecule has 2 unspecified atom stereocenters. The van der Waals surface area contributed by atoms with Crippen molar-refractivity contribution in [3.63, 3.8) is 0 Å². The van der Waals surface area contributed by atoms with Crippen LogP contribution >= 0.6 is 11.6 Å². The number of nitrogens with one attached hydrogen (secondary N) is 1. The molecule has 0 saturated carbocycles. The fourth-order valence-corrected chi connectivity index (χ4v) is 3.01. The van der Waals surface area contributed by atoms with Gasteiger partial charge in [-0.2, -0.15) is 0 Å². The van der Waals surface area contributed by atoms with Gasteiger partial charge in [0.15, 0.2) is 0 Å². The molecule has 0 aliphatic carbocycles. The van der Waals surface area contributed by atoms with Gasteiger partial charge in [0.05, 0.1) is 11.4 Å². The Kier molecular flexibility index (Phi) is 5.06. The van der Waals surface area contributed by atoms with Crippen LogP contribution in [0.15, 0.2) is 52.2 Å². The molecule has 1 aromatic heterocycles. The molecule has 0 amide bonds. The van der Waals surface area contributed by atoms with E-state index in [2.05, 4.69) is 4.98 Å². The van der Waals surface area contributed by atoms with E-state index in [1.165, 1.54) is 16.8 Å². The first-order chi connectivity index (χ1) is 12.0. The van der Waals surface area contributed by atoms with Crippen molar-refractivity contribution >= 4 is 17.6 Å². The predicted octanol–water partition coefficient (Wildman–Crippen LogP) is 1.68. The number of H-pyrrole nitrogens is 1. The number of nitrogens with zero attached hydrogens (tertiary/aromatic N) is 1. The Morgan fingerprint density at radius 1 is 1.32 bits per heavy atom. The number of hydrogen-bond acceptors (Lipinski definition) is 5. The van der Waals surface area contributed by atoms with E-state index in [4.69, 9.17) is 21.1 Å². The van der Waals surface area contributed by atoms with Crippen LogP contribution in [0.2, 0.25) is 0 Å². The first-order valence-electron chi connectivity index (χ1n) is 7.80. The quantitative estimate of drug-likeness (QED) is 0.644. The van der Waals surface area contributed by atoms with Crippen molar-refractivity contribution in [2.75, 3.05) is 12.5 Å². The minimum absolute atomic E-state index is 0.0150. The number of alkyl halides is 1. The van der Waals surface area contributed by atoms with Gasteiger partial charge in [0.25, 0.3) is 5.56 Å².